The summed E-state index contributed by atoms with van der Waals surface area (Å²) in [6, 6.07) is 6.58. The van der Waals surface area contributed by atoms with Gasteiger partial charge in [0.25, 0.3) is 0 Å². The number of hydrogen-bond donors (Lipinski definition) is 0. The van der Waals surface area contributed by atoms with Crippen LogP contribution in [0.2, 0.25) is 5.15 Å². The van der Waals surface area contributed by atoms with E-state index in [1.165, 1.54) is 12.1 Å². The molecule has 0 bridgehead atoms. The maximum absolute atomic E-state index is 13.4. The summed E-state index contributed by atoms with van der Waals surface area (Å²) in [7, 11) is 1.87. The van der Waals surface area contributed by atoms with Crippen LogP contribution in [-0.2, 0) is 19.8 Å². The number of hydrogen-bond acceptors (Lipinski definition) is 4. The smallest absolute Gasteiger partial charge is 0.353 e. The van der Waals surface area contributed by atoms with Gasteiger partial charge in [-0.2, -0.15) is 13.2 Å². The fraction of sp³-hybridized carbons (Fsp3) is 0.368. The quantitative estimate of drug-likeness (QED) is 0.466. The minimum Gasteiger partial charge on any atom is -0.353 e. The first-order chi connectivity index (χ1) is 13.7. The Bertz CT molecular complexity index is 1040. The van der Waals surface area contributed by atoms with Gasteiger partial charge in [0.05, 0.1) is 23.1 Å². The predicted molar refractivity (Wildman–Crippen MR) is 102 cm³/mol. The highest BCUT2D eigenvalue weighted by molar-refractivity contribution is 6.29. The van der Waals surface area contributed by atoms with E-state index in [0.29, 0.717) is 38.2 Å². The van der Waals surface area contributed by atoms with Crippen molar-refractivity contribution in [3.63, 3.8) is 0 Å². The second kappa shape index (κ2) is 7.46. The average molecular weight is 428 g/mol. The first-order valence-corrected chi connectivity index (χ1v) is 9.42. The number of pyridine rings is 1. The van der Waals surface area contributed by atoms with Crippen molar-refractivity contribution in [2.24, 2.45) is 7.05 Å². The number of aryl methyl sites for hydroxylation is 1. The molecule has 0 amide bonds. The molecule has 29 heavy (non-hydrogen) atoms. The number of piperazine rings is 1. The molecule has 0 saturated carbocycles. The summed E-state index contributed by atoms with van der Waals surface area (Å²) >= 11 is 5.84. The van der Waals surface area contributed by atoms with E-state index in [4.69, 9.17) is 11.6 Å². The molecule has 3 heterocycles. The fourth-order valence-electron chi connectivity index (χ4n) is 3.57. The van der Waals surface area contributed by atoms with Gasteiger partial charge in [-0.05, 0) is 24.3 Å². The Balaban J connectivity index is 1.48. The van der Waals surface area contributed by atoms with Gasteiger partial charge in [-0.25, -0.2) is 14.4 Å². The summed E-state index contributed by atoms with van der Waals surface area (Å²) in [5, 5.41) is 0.0300. The molecule has 0 radical (unpaired) electrons. The van der Waals surface area contributed by atoms with Crippen LogP contribution in [0.4, 0.5) is 23.4 Å². The van der Waals surface area contributed by atoms with Crippen molar-refractivity contribution in [3.05, 3.63) is 52.7 Å². The van der Waals surface area contributed by atoms with Crippen LogP contribution in [0.5, 0.6) is 0 Å². The normalized spacial score (nSPS) is 16.0. The number of rotatable bonds is 3. The summed E-state index contributed by atoms with van der Waals surface area (Å²) < 4.78 is 55.3. The van der Waals surface area contributed by atoms with E-state index in [-0.39, 0.29) is 16.8 Å². The number of anilines is 1. The fourth-order valence-corrected chi connectivity index (χ4v) is 3.71. The molecule has 5 nitrogen and oxygen atoms in total. The number of fused-ring (bicyclic) bond motifs is 1. The van der Waals surface area contributed by atoms with Crippen molar-refractivity contribution in [2.75, 3.05) is 31.1 Å². The van der Waals surface area contributed by atoms with Gasteiger partial charge >= 0.3 is 6.18 Å². The van der Waals surface area contributed by atoms with Gasteiger partial charge < -0.3 is 9.47 Å². The largest absolute Gasteiger partial charge is 0.419 e. The third-order valence-corrected chi connectivity index (χ3v) is 5.33. The summed E-state index contributed by atoms with van der Waals surface area (Å²) in [5.74, 6) is 0.295. The Kier molecular flexibility index (Phi) is 5.12. The van der Waals surface area contributed by atoms with Crippen molar-refractivity contribution in [2.45, 2.75) is 12.7 Å². The van der Waals surface area contributed by atoms with Crippen molar-refractivity contribution >= 4 is 28.5 Å². The molecular weight excluding hydrogens is 410 g/mol. The van der Waals surface area contributed by atoms with E-state index in [1.54, 1.807) is 11.0 Å². The molecule has 0 unspecified atom stereocenters. The number of imidazole rings is 1. The first kappa shape index (κ1) is 19.9. The molecule has 154 valence electrons. The SMILES string of the molecule is Cn1c(CN2CCN(c3nc(Cl)ccc3C(F)(F)F)CC2)nc2cc(F)ccc21. The Morgan fingerprint density at radius 2 is 1.76 bits per heavy atom. The first-order valence-electron chi connectivity index (χ1n) is 9.04. The highest BCUT2D eigenvalue weighted by atomic mass is 35.5. The molecule has 1 saturated heterocycles. The second-order valence-corrected chi connectivity index (χ2v) is 7.37. The molecule has 2 aromatic heterocycles. The minimum atomic E-state index is -4.49. The standard InChI is InChI=1S/C19H18ClF4N5/c1-27-15-4-2-12(21)10-14(15)25-17(27)11-28-6-8-29(9-7-28)18-13(19(22,23)24)3-5-16(20)26-18/h2-5,10H,6-9,11H2,1H3. The molecule has 0 atom stereocenters. The van der Waals surface area contributed by atoms with E-state index in [2.05, 4.69) is 14.9 Å². The number of benzene rings is 1. The number of halogens is 5. The van der Waals surface area contributed by atoms with Gasteiger partial charge in [0.1, 0.15) is 22.6 Å². The van der Waals surface area contributed by atoms with Crippen LogP contribution < -0.4 is 4.90 Å². The minimum absolute atomic E-state index is 0.0300. The zero-order valence-electron chi connectivity index (χ0n) is 15.5. The Labute approximate surface area is 169 Å². The van der Waals surface area contributed by atoms with Crippen molar-refractivity contribution in [3.8, 4) is 0 Å². The highest BCUT2D eigenvalue weighted by Crippen LogP contribution is 2.36. The van der Waals surface area contributed by atoms with E-state index in [0.717, 1.165) is 23.5 Å². The molecule has 10 heteroatoms. The third-order valence-electron chi connectivity index (χ3n) is 5.12. The van der Waals surface area contributed by atoms with Crippen LogP contribution in [0.15, 0.2) is 30.3 Å². The Morgan fingerprint density at radius 3 is 2.45 bits per heavy atom. The van der Waals surface area contributed by atoms with Gasteiger partial charge in [-0.1, -0.05) is 11.6 Å². The number of aromatic nitrogens is 3. The van der Waals surface area contributed by atoms with E-state index >= 15 is 0 Å². The van der Waals surface area contributed by atoms with Crippen LogP contribution in [0.3, 0.4) is 0 Å². The summed E-state index contributed by atoms with van der Waals surface area (Å²) in [4.78, 5) is 12.1. The molecule has 1 aromatic carbocycles. The lowest BCUT2D eigenvalue weighted by atomic mass is 10.2. The van der Waals surface area contributed by atoms with Crippen molar-refractivity contribution < 1.29 is 17.6 Å². The molecule has 4 rings (SSSR count). The predicted octanol–water partition coefficient (Wildman–Crippen LogP) is 4.10. The van der Waals surface area contributed by atoms with Crippen molar-refractivity contribution in [1.82, 2.24) is 19.4 Å². The van der Waals surface area contributed by atoms with Crippen LogP contribution in [-0.4, -0.2) is 45.6 Å². The molecular formula is C19H18ClF4N5. The lowest BCUT2D eigenvalue weighted by molar-refractivity contribution is -0.137. The van der Waals surface area contributed by atoms with Gasteiger partial charge in [-0.15, -0.1) is 0 Å². The number of alkyl halides is 3. The summed E-state index contributed by atoms with van der Waals surface area (Å²) in [5.41, 5.74) is 0.629. The second-order valence-electron chi connectivity index (χ2n) is 6.99. The number of nitrogens with zero attached hydrogens (tertiary/aromatic N) is 5. The van der Waals surface area contributed by atoms with Crippen LogP contribution in [0, 0.1) is 5.82 Å². The lowest BCUT2D eigenvalue weighted by Gasteiger charge is -2.36. The molecule has 0 aliphatic carbocycles. The van der Waals surface area contributed by atoms with E-state index in [1.807, 2.05) is 11.6 Å². The van der Waals surface area contributed by atoms with Gasteiger partial charge in [-0.3, -0.25) is 4.90 Å². The average Bonchev–Trinajstić information content (AvgIpc) is 2.96. The molecule has 1 fully saturated rings. The topological polar surface area (TPSA) is 37.2 Å². The highest BCUT2D eigenvalue weighted by Gasteiger charge is 2.36. The Hall–Kier alpha value is -2.39. The molecule has 0 N–H and O–H groups in total. The van der Waals surface area contributed by atoms with Crippen LogP contribution in [0.25, 0.3) is 11.0 Å². The van der Waals surface area contributed by atoms with Crippen molar-refractivity contribution in [1.29, 1.82) is 0 Å². The van der Waals surface area contributed by atoms with Crippen LogP contribution in [0.1, 0.15) is 11.4 Å². The summed E-state index contributed by atoms with van der Waals surface area (Å²) in [6.45, 7) is 2.38. The van der Waals surface area contributed by atoms with Crippen LogP contribution >= 0.6 is 11.6 Å². The zero-order valence-corrected chi connectivity index (χ0v) is 16.3. The maximum Gasteiger partial charge on any atom is 0.419 e. The molecule has 0 spiro atoms. The molecule has 1 aliphatic heterocycles. The lowest BCUT2D eigenvalue weighted by Crippen LogP contribution is -2.47. The van der Waals surface area contributed by atoms with E-state index in [9.17, 15) is 17.6 Å². The zero-order chi connectivity index (χ0) is 20.8. The van der Waals surface area contributed by atoms with E-state index < -0.39 is 11.7 Å². The summed E-state index contributed by atoms with van der Waals surface area (Å²) in [6.07, 6.45) is -4.49. The Morgan fingerprint density at radius 1 is 1.03 bits per heavy atom. The third kappa shape index (κ3) is 4.02. The van der Waals surface area contributed by atoms with Gasteiger partial charge in [0, 0.05) is 39.3 Å². The van der Waals surface area contributed by atoms with Gasteiger partial charge in [0.2, 0.25) is 0 Å². The maximum atomic E-state index is 13.4. The monoisotopic (exact) mass is 427 g/mol. The molecule has 3 aromatic rings. The van der Waals surface area contributed by atoms with Gasteiger partial charge in [0.15, 0.2) is 0 Å². The molecule has 1 aliphatic rings.